The Bertz CT molecular complexity index is 654. The maximum Gasteiger partial charge on any atom is 0.314 e. The quantitative estimate of drug-likeness (QED) is 0.797. The van der Waals surface area contributed by atoms with Crippen LogP contribution in [-0.2, 0) is 20.9 Å². The number of carbonyl (C=O) groups is 1. The van der Waals surface area contributed by atoms with Crippen molar-refractivity contribution in [1.82, 2.24) is 0 Å². The summed E-state index contributed by atoms with van der Waals surface area (Å²) in [5.74, 6) is -1.08. The van der Waals surface area contributed by atoms with E-state index in [0.717, 1.165) is 5.56 Å². The van der Waals surface area contributed by atoms with Crippen molar-refractivity contribution in [2.24, 2.45) is 0 Å². The van der Waals surface area contributed by atoms with Gasteiger partial charge >= 0.3 is 5.97 Å². The van der Waals surface area contributed by atoms with E-state index in [-0.39, 0.29) is 12.3 Å². The molecule has 1 aromatic heterocycles. The summed E-state index contributed by atoms with van der Waals surface area (Å²) in [7, 11) is -3.61. The lowest BCUT2D eigenvalue weighted by molar-refractivity contribution is -0.142. The lowest BCUT2D eigenvalue weighted by Crippen LogP contribution is -2.36. The summed E-state index contributed by atoms with van der Waals surface area (Å²) in [6, 6.07) is 10.7. The van der Waals surface area contributed by atoms with Crippen LogP contribution in [-0.4, -0.2) is 22.1 Å². The molecule has 2 aromatic rings. The van der Waals surface area contributed by atoms with Crippen molar-refractivity contribution in [2.45, 2.75) is 18.5 Å². The molecule has 0 bridgehead atoms. The minimum absolute atomic E-state index is 0.0130. The van der Waals surface area contributed by atoms with E-state index in [2.05, 4.69) is 0 Å². The van der Waals surface area contributed by atoms with Crippen LogP contribution in [0.25, 0.3) is 0 Å². The number of hydrogen-bond donors (Lipinski definition) is 2. The molecule has 0 aliphatic rings. The van der Waals surface area contributed by atoms with Crippen molar-refractivity contribution in [3.8, 4) is 0 Å². The van der Waals surface area contributed by atoms with Gasteiger partial charge in [-0.25, -0.2) is 0 Å². The van der Waals surface area contributed by atoms with Gasteiger partial charge in [-0.3, -0.25) is 9.36 Å². The van der Waals surface area contributed by atoms with Crippen LogP contribution >= 0.6 is 18.7 Å². The Morgan fingerprint density at radius 1 is 1.29 bits per heavy atom. The SMILES string of the molecule is CC(CP(=O)(O)Cc1ccccc1)(C(=O)O)c1ccsc1. The van der Waals surface area contributed by atoms with Crippen molar-refractivity contribution in [3.05, 3.63) is 58.3 Å². The normalized spacial score (nSPS) is 16.9. The summed E-state index contributed by atoms with van der Waals surface area (Å²) in [6.07, 6.45) is -0.290. The second kappa shape index (κ2) is 6.14. The van der Waals surface area contributed by atoms with E-state index in [1.165, 1.54) is 18.3 Å². The molecule has 2 unspecified atom stereocenters. The summed E-state index contributed by atoms with van der Waals surface area (Å²) >= 11 is 1.38. The Hall–Kier alpha value is -1.42. The van der Waals surface area contributed by atoms with Crippen LogP contribution in [0.5, 0.6) is 0 Å². The van der Waals surface area contributed by atoms with Gasteiger partial charge in [-0.15, -0.1) is 0 Å². The number of carboxylic acid groups (broad SMARTS) is 1. The molecule has 2 N–H and O–H groups in total. The number of thiophene rings is 1. The maximum atomic E-state index is 12.5. The molecule has 0 saturated carbocycles. The average molecular weight is 324 g/mol. The van der Waals surface area contributed by atoms with Crippen LogP contribution in [0.1, 0.15) is 18.1 Å². The highest BCUT2D eigenvalue weighted by Gasteiger charge is 2.41. The zero-order chi connectivity index (χ0) is 15.5. The van der Waals surface area contributed by atoms with Crippen LogP contribution in [0.3, 0.4) is 0 Å². The highest BCUT2D eigenvalue weighted by Crippen LogP contribution is 2.50. The molecule has 1 heterocycles. The fourth-order valence-electron chi connectivity index (χ4n) is 2.28. The summed E-state index contributed by atoms with van der Waals surface area (Å²) in [6.45, 7) is 1.51. The summed E-state index contributed by atoms with van der Waals surface area (Å²) < 4.78 is 12.5. The maximum absolute atomic E-state index is 12.5. The minimum atomic E-state index is -3.61. The average Bonchev–Trinajstić information content (AvgIpc) is 2.92. The highest BCUT2D eigenvalue weighted by molar-refractivity contribution is 7.57. The Morgan fingerprint density at radius 2 is 1.95 bits per heavy atom. The smallest absolute Gasteiger partial charge is 0.314 e. The first-order valence-corrected chi connectivity index (χ1v) is 9.42. The molecule has 2 atom stereocenters. The third-order valence-electron chi connectivity index (χ3n) is 3.47. The van der Waals surface area contributed by atoms with E-state index in [1.54, 1.807) is 41.1 Å². The van der Waals surface area contributed by atoms with Gasteiger partial charge in [-0.1, -0.05) is 30.3 Å². The van der Waals surface area contributed by atoms with Gasteiger partial charge in [-0.05, 0) is 34.9 Å². The molecule has 2 rings (SSSR count). The molecule has 1 aromatic carbocycles. The van der Waals surface area contributed by atoms with E-state index < -0.39 is 18.8 Å². The second-order valence-electron chi connectivity index (χ2n) is 5.30. The molecule has 4 nitrogen and oxygen atoms in total. The van der Waals surface area contributed by atoms with Gasteiger partial charge in [0, 0.05) is 12.3 Å². The van der Waals surface area contributed by atoms with Gasteiger partial charge in [0.25, 0.3) is 0 Å². The van der Waals surface area contributed by atoms with Gasteiger partial charge in [-0.2, -0.15) is 11.3 Å². The predicted octanol–water partition coefficient (Wildman–Crippen LogP) is 3.56. The van der Waals surface area contributed by atoms with Crippen LogP contribution in [0.4, 0.5) is 0 Å². The second-order valence-corrected chi connectivity index (χ2v) is 8.40. The summed E-state index contributed by atoms with van der Waals surface area (Å²) in [5, 5.41) is 13.0. The van der Waals surface area contributed by atoms with Crippen molar-refractivity contribution in [1.29, 1.82) is 0 Å². The van der Waals surface area contributed by atoms with E-state index in [4.69, 9.17) is 0 Å². The fourth-order valence-corrected chi connectivity index (χ4v) is 5.27. The first kappa shape index (κ1) is 16.0. The molecular weight excluding hydrogens is 307 g/mol. The molecule has 0 aliphatic carbocycles. The van der Waals surface area contributed by atoms with E-state index in [1.807, 2.05) is 6.07 Å². The molecule has 0 saturated heterocycles. The van der Waals surface area contributed by atoms with E-state index >= 15 is 0 Å². The molecule has 0 aliphatic heterocycles. The van der Waals surface area contributed by atoms with Gasteiger partial charge in [0.15, 0.2) is 0 Å². The molecule has 112 valence electrons. The van der Waals surface area contributed by atoms with Crippen LogP contribution in [0, 0.1) is 0 Å². The van der Waals surface area contributed by atoms with Gasteiger partial charge in [0.1, 0.15) is 0 Å². The minimum Gasteiger partial charge on any atom is -0.481 e. The first-order valence-electron chi connectivity index (χ1n) is 6.44. The fraction of sp³-hybridized carbons (Fsp3) is 0.267. The Kier molecular flexibility index (Phi) is 4.67. The Morgan fingerprint density at radius 3 is 2.48 bits per heavy atom. The molecular formula is C15H17O4PS. The monoisotopic (exact) mass is 324 g/mol. The lowest BCUT2D eigenvalue weighted by Gasteiger charge is -2.26. The van der Waals surface area contributed by atoms with Crippen LogP contribution < -0.4 is 0 Å². The molecule has 0 spiro atoms. The standard InChI is InChI=1S/C15H17O4PS/c1-15(14(16)17,13-7-8-21-10-13)11-20(18,19)9-12-5-3-2-4-6-12/h2-8,10H,9,11H2,1H3,(H,16,17)(H,18,19). The predicted molar refractivity (Wildman–Crippen MR) is 84.1 cm³/mol. The molecule has 21 heavy (non-hydrogen) atoms. The zero-order valence-corrected chi connectivity index (χ0v) is 13.3. The molecule has 0 amide bonds. The van der Waals surface area contributed by atoms with Gasteiger partial charge < -0.3 is 10.00 Å². The lowest BCUT2D eigenvalue weighted by atomic mass is 9.87. The molecule has 6 heteroatoms. The van der Waals surface area contributed by atoms with Crippen molar-refractivity contribution in [2.75, 3.05) is 6.16 Å². The summed E-state index contributed by atoms with van der Waals surface area (Å²) in [4.78, 5) is 21.9. The first-order chi connectivity index (χ1) is 9.83. The Balaban J connectivity index is 2.24. The van der Waals surface area contributed by atoms with Gasteiger partial charge in [0.2, 0.25) is 7.37 Å². The number of hydrogen-bond acceptors (Lipinski definition) is 3. The van der Waals surface area contributed by atoms with E-state index in [0.29, 0.717) is 5.56 Å². The topological polar surface area (TPSA) is 74.6 Å². The van der Waals surface area contributed by atoms with Crippen LogP contribution in [0.2, 0.25) is 0 Å². The molecule has 0 radical (unpaired) electrons. The molecule has 0 fully saturated rings. The zero-order valence-electron chi connectivity index (χ0n) is 11.6. The van der Waals surface area contributed by atoms with Crippen molar-refractivity contribution < 1.29 is 19.4 Å². The van der Waals surface area contributed by atoms with Crippen molar-refractivity contribution >= 4 is 24.7 Å². The number of carboxylic acids is 1. The Labute approximate surface area is 127 Å². The third-order valence-corrected chi connectivity index (χ3v) is 6.14. The van der Waals surface area contributed by atoms with Crippen LogP contribution in [0.15, 0.2) is 47.2 Å². The number of benzene rings is 1. The number of aliphatic carboxylic acids is 1. The van der Waals surface area contributed by atoms with Crippen molar-refractivity contribution in [3.63, 3.8) is 0 Å². The van der Waals surface area contributed by atoms with E-state index in [9.17, 15) is 19.4 Å². The highest BCUT2D eigenvalue weighted by atomic mass is 32.1. The van der Waals surface area contributed by atoms with Gasteiger partial charge in [0.05, 0.1) is 5.41 Å². The largest absolute Gasteiger partial charge is 0.481 e. The third kappa shape index (κ3) is 3.82. The number of rotatable bonds is 6. The summed E-state index contributed by atoms with van der Waals surface area (Å²) in [5.41, 5.74) is -0.0391.